The molecule has 0 bridgehead atoms. The summed E-state index contributed by atoms with van der Waals surface area (Å²) in [5.74, 6) is 1.22. The summed E-state index contributed by atoms with van der Waals surface area (Å²) in [5, 5.41) is 5.31. The first-order chi connectivity index (χ1) is 11.3. The highest BCUT2D eigenvalue weighted by molar-refractivity contribution is 7.18. The van der Waals surface area contributed by atoms with Crippen LogP contribution in [-0.4, -0.2) is 26.5 Å². The van der Waals surface area contributed by atoms with Gasteiger partial charge in [0.05, 0.1) is 20.6 Å². The van der Waals surface area contributed by atoms with Gasteiger partial charge in [0, 0.05) is 13.0 Å². The van der Waals surface area contributed by atoms with E-state index >= 15 is 0 Å². The third-order valence-electron chi connectivity index (χ3n) is 3.49. The summed E-state index contributed by atoms with van der Waals surface area (Å²) in [6, 6.07) is 11.8. The molecule has 114 valence electrons. The Bertz CT molecular complexity index is 948. The number of rotatable bonds is 4. The normalized spacial score (nSPS) is 11.1. The fraction of sp³-hybridized carbons (Fsp3) is 0.125. The molecule has 4 aromatic rings. The highest BCUT2D eigenvalue weighted by Crippen LogP contribution is 2.22. The molecule has 0 unspecified atom stereocenters. The molecule has 3 N–H and O–H groups in total. The number of thiazole rings is 1. The molecule has 6 nitrogen and oxygen atoms in total. The largest absolute Gasteiger partial charge is 0.384 e. The summed E-state index contributed by atoms with van der Waals surface area (Å²) in [7, 11) is 0. The SMILES string of the molecule is Nc1ccc2c(NCCc3nc4ccccc4s3)ncnc2n1. The van der Waals surface area contributed by atoms with Crippen molar-refractivity contribution >= 4 is 44.2 Å². The maximum atomic E-state index is 5.69. The zero-order chi connectivity index (χ0) is 15.6. The van der Waals surface area contributed by atoms with Gasteiger partial charge in [-0.3, -0.25) is 0 Å². The molecule has 0 radical (unpaired) electrons. The Morgan fingerprint density at radius 3 is 2.87 bits per heavy atom. The molecule has 0 saturated heterocycles. The minimum Gasteiger partial charge on any atom is -0.384 e. The second-order valence-corrected chi connectivity index (χ2v) is 6.20. The molecule has 1 aromatic carbocycles. The van der Waals surface area contributed by atoms with Crippen molar-refractivity contribution in [3.63, 3.8) is 0 Å². The molecular weight excluding hydrogens is 308 g/mol. The predicted molar refractivity (Wildman–Crippen MR) is 93.6 cm³/mol. The van der Waals surface area contributed by atoms with E-state index in [0.29, 0.717) is 11.5 Å². The van der Waals surface area contributed by atoms with Crippen LogP contribution in [0.25, 0.3) is 21.3 Å². The topological polar surface area (TPSA) is 89.6 Å². The first-order valence-corrected chi connectivity index (χ1v) is 8.07. The van der Waals surface area contributed by atoms with Gasteiger partial charge in [0.1, 0.15) is 18.0 Å². The van der Waals surface area contributed by atoms with Gasteiger partial charge in [-0.25, -0.2) is 19.9 Å². The van der Waals surface area contributed by atoms with Gasteiger partial charge in [-0.05, 0) is 24.3 Å². The Hall–Kier alpha value is -2.80. The molecule has 0 fully saturated rings. The summed E-state index contributed by atoms with van der Waals surface area (Å²) >= 11 is 1.73. The third-order valence-corrected chi connectivity index (χ3v) is 4.58. The molecule has 3 heterocycles. The maximum absolute atomic E-state index is 5.69. The van der Waals surface area contributed by atoms with Crippen molar-refractivity contribution in [3.8, 4) is 0 Å². The number of nitrogen functional groups attached to an aromatic ring is 1. The highest BCUT2D eigenvalue weighted by atomic mass is 32.1. The van der Waals surface area contributed by atoms with Gasteiger partial charge in [0.2, 0.25) is 0 Å². The summed E-state index contributed by atoms with van der Waals surface area (Å²) in [6.07, 6.45) is 2.34. The lowest BCUT2D eigenvalue weighted by Crippen LogP contribution is -2.07. The van der Waals surface area contributed by atoms with Crippen LogP contribution in [0.2, 0.25) is 0 Å². The van der Waals surface area contributed by atoms with E-state index < -0.39 is 0 Å². The fourth-order valence-corrected chi connectivity index (χ4v) is 3.38. The van der Waals surface area contributed by atoms with Crippen LogP contribution in [0.4, 0.5) is 11.6 Å². The Morgan fingerprint density at radius 1 is 1.04 bits per heavy atom. The number of benzene rings is 1. The molecule has 0 aliphatic heterocycles. The second-order valence-electron chi connectivity index (χ2n) is 5.08. The number of para-hydroxylation sites is 1. The lowest BCUT2D eigenvalue weighted by Gasteiger charge is -2.07. The van der Waals surface area contributed by atoms with Gasteiger partial charge in [0.15, 0.2) is 5.65 Å². The number of aromatic nitrogens is 4. The van der Waals surface area contributed by atoms with E-state index in [9.17, 15) is 0 Å². The number of pyridine rings is 1. The van der Waals surface area contributed by atoms with Crippen molar-refractivity contribution in [1.29, 1.82) is 0 Å². The predicted octanol–water partition coefficient (Wildman–Crippen LogP) is 2.87. The molecule has 4 rings (SSSR count). The zero-order valence-corrected chi connectivity index (χ0v) is 13.0. The van der Waals surface area contributed by atoms with Gasteiger partial charge >= 0.3 is 0 Å². The van der Waals surface area contributed by atoms with Crippen molar-refractivity contribution in [2.24, 2.45) is 0 Å². The average Bonchev–Trinajstić information content (AvgIpc) is 2.97. The Balaban J connectivity index is 1.51. The summed E-state index contributed by atoms with van der Waals surface area (Å²) in [5.41, 5.74) is 7.34. The van der Waals surface area contributed by atoms with Crippen LogP contribution in [-0.2, 0) is 6.42 Å². The Labute approximate surface area is 136 Å². The molecule has 0 aliphatic rings. The number of nitrogens with zero attached hydrogens (tertiary/aromatic N) is 4. The molecule has 3 aromatic heterocycles. The van der Waals surface area contributed by atoms with Crippen LogP contribution < -0.4 is 11.1 Å². The lowest BCUT2D eigenvalue weighted by molar-refractivity contribution is 0.992. The first kappa shape index (κ1) is 13.8. The summed E-state index contributed by atoms with van der Waals surface area (Å²) in [6.45, 7) is 0.746. The van der Waals surface area contributed by atoms with Crippen LogP contribution in [0.1, 0.15) is 5.01 Å². The quantitative estimate of drug-likeness (QED) is 0.600. The van der Waals surface area contributed by atoms with Crippen LogP contribution in [0.15, 0.2) is 42.7 Å². The van der Waals surface area contributed by atoms with Crippen LogP contribution in [0.3, 0.4) is 0 Å². The molecule has 0 atom stereocenters. The van der Waals surface area contributed by atoms with Gasteiger partial charge in [-0.1, -0.05) is 12.1 Å². The zero-order valence-electron chi connectivity index (χ0n) is 12.2. The lowest BCUT2D eigenvalue weighted by atomic mass is 10.3. The highest BCUT2D eigenvalue weighted by Gasteiger charge is 2.06. The van der Waals surface area contributed by atoms with Crippen molar-refractivity contribution in [2.75, 3.05) is 17.6 Å². The van der Waals surface area contributed by atoms with Crippen LogP contribution in [0.5, 0.6) is 0 Å². The smallest absolute Gasteiger partial charge is 0.166 e. The van der Waals surface area contributed by atoms with Crippen molar-refractivity contribution in [3.05, 3.63) is 47.7 Å². The molecule has 0 aliphatic carbocycles. The van der Waals surface area contributed by atoms with E-state index in [2.05, 4.69) is 31.3 Å². The Kier molecular flexibility index (Phi) is 3.47. The van der Waals surface area contributed by atoms with Crippen LogP contribution in [0, 0.1) is 0 Å². The summed E-state index contributed by atoms with van der Waals surface area (Å²) < 4.78 is 1.22. The summed E-state index contributed by atoms with van der Waals surface area (Å²) in [4.78, 5) is 17.3. The van der Waals surface area contributed by atoms with Gasteiger partial charge in [-0.15, -0.1) is 11.3 Å². The Morgan fingerprint density at radius 2 is 1.96 bits per heavy atom. The average molecular weight is 322 g/mol. The number of nitrogens with one attached hydrogen (secondary N) is 1. The van der Waals surface area contributed by atoms with E-state index in [1.165, 1.54) is 11.0 Å². The van der Waals surface area contributed by atoms with E-state index in [1.807, 2.05) is 24.3 Å². The van der Waals surface area contributed by atoms with Crippen molar-refractivity contribution < 1.29 is 0 Å². The van der Waals surface area contributed by atoms with Crippen molar-refractivity contribution in [2.45, 2.75) is 6.42 Å². The standard InChI is InChI=1S/C16H14N6S/c17-13-6-5-10-15(19-9-20-16(10)22-13)18-8-7-14-21-11-3-1-2-4-12(11)23-14/h1-6,9H,7-8H2,(H3,17,18,19,20,22). The second kappa shape index (κ2) is 5.77. The number of fused-ring (bicyclic) bond motifs is 2. The first-order valence-electron chi connectivity index (χ1n) is 7.25. The molecular formula is C16H14N6S. The van der Waals surface area contributed by atoms with Crippen LogP contribution >= 0.6 is 11.3 Å². The number of nitrogens with two attached hydrogens (primary N) is 1. The number of anilines is 2. The van der Waals surface area contributed by atoms with E-state index in [1.54, 1.807) is 17.4 Å². The molecule has 0 spiro atoms. The molecule has 0 saturated carbocycles. The minimum absolute atomic E-state index is 0.455. The van der Waals surface area contributed by atoms with Crippen molar-refractivity contribution in [1.82, 2.24) is 19.9 Å². The van der Waals surface area contributed by atoms with E-state index in [0.717, 1.165) is 34.7 Å². The third kappa shape index (κ3) is 2.78. The van der Waals surface area contributed by atoms with E-state index in [4.69, 9.17) is 5.73 Å². The number of hydrogen-bond acceptors (Lipinski definition) is 7. The van der Waals surface area contributed by atoms with Gasteiger partial charge in [0.25, 0.3) is 0 Å². The number of hydrogen-bond donors (Lipinski definition) is 2. The fourth-order valence-electron chi connectivity index (χ4n) is 2.41. The molecule has 7 heteroatoms. The molecule has 23 heavy (non-hydrogen) atoms. The minimum atomic E-state index is 0.455. The molecule has 0 amide bonds. The monoisotopic (exact) mass is 322 g/mol. The van der Waals surface area contributed by atoms with Gasteiger partial charge in [-0.2, -0.15) is 0 Å². The van der Waals surface area contributed by atoms with E-state index in [-0.39, 0.29) is 0 Å². The maximum Gasteiger partial charge on any atom is 0.166 e. The van der Waals surface area contributed by atoms with Gasteiger partial charge < -0.3 is 11.1 Å².